The molecule has 0 atom stereocenters. The van der Waals surface area contributed by atoms with Crippen LogP contribution in [0.25, 0.3) is 11.0 Å². The van der Waals surface area contributed by atoms with Crippen molar-refractivity contribution in [2.24, 2.45) is 0 Å². The monoisotopic (exact) mass is 586 g/mol. The Hall–Kier alpha value is -3.67. The molecule has 3 N–H and O–H groups in total. The Labute approximate surface area is 234 Å². The van der Waals surface area contributed by atoms with Gasteiger partial charge in [-0.2, -0.15) is 0 Å². The molecule has 1 saturated heterocycles. The zero-order chi connectivity index (χ0) is 27.9. The number of carbonyl (C=O) groups excluding carboxylic acids is 2. The highest BCUT2D eigenvalue weighted by molar-refractivity contribution is 7.92. The molecule has 1 amide bonds. The minimum atomic E-state index is -4.03. The number of carbonyl (C=O) groups is 2. The van der Waals surface area contributed by atoms with Gasteiger partial charge in [0.15, 0.2) is 5.78 Å². The molecule has 1 fully saturated rings. The first-order valence-corrected chi connectivity index (χ1v) is 14.3. The zero-order valence-electron chi connectivity index (χ0n) is 20.8. The van der Waals surface area contributed by atoms with Crippen LogP contribution in [0.5, 0.6) is 0 Å². The van der Waals surface area contributed by atoms with E-state index in [4.69, 9.17) is 28.9 Å². The lowest BCUT2D eigenvalue weighted by Crippen LogP contribution is -2.37. The minimum Gasteiger partial charge on any atom is -0.383 e. The van der Waals surface area contributed by atoms with Gasteiger partial charge in [0.2, 0.25) is 5.91 Å². The van der Waals surface area contributed by atoms with Crippen molar-refractivity contribution in [3.63, 3.8) is 0 Å². The smallest absolute Gasteiger partial charge is 0.261 e. The number of nitrogens with zero attached hydrogens (tertiary/aromatic N) is 4. The maximum Gasteiger partial charge on any atom is 0.261 e. The SMILES string of the molecule is CC(=O)N1CCC(n2cc(C(=O)c3cccc(NS(=O)(=O)c4cc(Cl)cc(Cl)c4)c3)c3c(N)ncnc32)CC1. The van der Waals surface area contributed by atoms with Gasteiger partial charge in [-0.15, -0.1) is 0 Å². The van der Waals surface area contributed by atoms with Crippen molar-refractivity contribution in [2.75, 3.05) is 23.5 Å². The summed E-state index contributed by atoms with van der Waals surface area (Å²) in [6.07, 6.45) is 4.47. The molecule has 39 heavy (non-hydrogen) atoms. The third-order valence-corrected chi connectivity index (χ3v) is 8.51. The molecule has 0 saturated carbocycles. The molecule has 1 aliphatic rings. The first kappa shape index (κ1) is 26.9. The normalized spacial score (nSPS) is 14.5. The van der Waals surface area contributed by atoms with E-state index in [9.17, 15) is 18.0 Å². The number of fused-ring (bicyclic) bond motifs is 1. The first-order chi connectivity index (χ1) is 18.5. The molecule has 0 unspecified atom stereocenters. The second-order valence-electron chi connectivity index (χ2n) is 9.27. The number of nitrogens with two attached hydrogens (primary N) is 1. The van der Waals surface area contributed by atoms with Crippen molar-refractivity contribution in [1.82, 2.24) is 19.4 Å². The third-order valence-electron chi connectivity index (χ3n) is 6.71. The number of rotatable bonds is 6. The van der Waals surface area contributed by atoms with Crippen LogP contribution in [0.1, 0.15) is 41.7 Å². The number of likely N-dealkylation sites (tertiary alicyclic amines) is 1. The summed E-state index contributed by atoms with van der Waals surface area (Å²) in [7, 11) is -4.03. The van der Waals surface area contributed by atoms with Crippen LogP contribution in [0.2, 0.25) is 10.0 Å². The Balaban J connectivity index is 1.47. The molecule has 2 aromatic heterocycles. The number of nitrogens with one attached hydrogen (secondary N) is 1. The van der Waals surface area contributed by atoms with Crippen LogP contribution in [0.3, 0.4) is 0 Å². The standard InChI is InChI=1S/C26H24Cl2N6O4S/c1-15(35)33-7-5-20(6-8-33)34-13-22(23-25(29)30-14-31-26(23)34)24(36)16-3-2-4-19(9-16)32-39(37,38)21-11-17(27)10-18(28)12-21/h2-4,9-14,20,32H,5-8H2,1H3,(H2,29,30,31). The predicted octanol–water partition coefficient (Wildman–Crippen LogP) is 4.54. The number of hydrogen-bond acceptors (Lipinski definition) is 7. The van der Waals surface area contributed by atoms with Gasteiger partial charge in [0.25, 0.3) is 10.0 Å². The highest BCUT2D eigenvalue weighted by Crippen LogP contribution is 2.33. The molecule has 10 nitrogen and oxygen atoms in total. The topological polar surface area (TPSA) is 140 Å². The van der Waals surface area contributed by atoms with E-state index in [0.29, 0.717) is 42.5 Å². The van der Waals surface area contributed by atoms with E-state index >= 15 is 0 Å². The molecule has 4 aromatic rings. The fourth-order valence-corrected chi connectivity index (χ4v) is 6.57. The van der Waals surface area contributed by atoms with Gasteiger partial charge in [-0.25, -0.2) is 18.4 Å². The van der Waals surface area contributed by atoms with Crippen molar-refractivity contribution in [1.29, 1.82) is 0 Å². The second kappa shape index (κ2) is 10.5. The van der Waals surface area contributed by atoms with E-state index in [1.807, 2.05) is 4.57 Å². The average molecular weight is 587 g/mol. The number of sulfonamides is 1. The molecule has 0 spiro atoms. The maximum atomic E-state index is 13.7. The van der Waals surface area contributed by atoms with E-state index < -0.39 is 10.0 Å². The molecule has 2 aromatic carbocycles. The van der Waals surface area contributed by atoms with E-state index in [-0.39, 0.29) is 49.7 Å². The van der Waals surface area contributed by atoms with Crippen molar-refractivity contribution >= 4 is 67.5 Å². The minimum absolute atomic E-state index is 0.0154. The van der Waals surface area contributed by atoms with E-state index in [1.54, 1.807) is 30.2 Å². The van der Waals surface area contributed by atoms with Crippen LogP contribution in [-0.4, -0.2) is 52.6 Å². The number of halogens is 2. The van der Waals surface area contributed by atoms with Crippen molar-refractivity contribution < 1.29 is 18.0 Å². The zero-order valence-corrected chi connectivity index (χ0v) is 23.1. The molecular weight excluding hydrogens is 563 g/mol. The number of amides is 1. The Morgan fingerprint density at radius 1 is 1.05 bits per heavy atom. The van der Waals surface area contributed by atoms with Gasteiger partial charge in [-0.05, 0) is 43.2 Å². The van der Waals surface area contributed by atoms with Crippen molar-refractivity contribution in [3.8, 4) is 0 Å². The number of nitrogen functional groups attached to an aromatic ring is 1. The number of anilines is 2. The lowest BCUT2D eigenvalue weighted by atomic mass is 10.0. The summed E-state index contributed by atoms with van der Waals surface area (Å²) >= 11 is 11.9. The first-order valence-electron chi connectivity index (χ1n) is 12.0. The van der Waals surface area contributed by atoms with Gasteiger partial charge in [-0.1, -0.05) is 35.3 Å². The van der Waals surface area contributed by atoms with Crippen molar-refractivity contribution in [3.05, 3.63) is 76.2 Å². The second-order valence-corrected chi connectivity index (χ2v) is 11.8. The number of hydrogen-bond donors (Lipinski definition) is 2. The molecule has 13 heteroatoms. The van der Waals surface area contributed by atoms with Gasteiger partial charge >= 0.3 is 0 Å². The Bertz CT molecular complexity index is 1690. The van der Waals surface area contributed by atoms with Gasteiger partial charge < -0.3 is 15.2 Å². The summed E-state index contributed by atoms with van der Waals surface area (Å²) in [6, 6.07) is 10.1. The predicted molar refractivity (Wildman–Crippen MR) is 150 cm³/mol. The van der Waals surface area contributed by atoms with E-state index in [0.717, 1.165) is 0 Å². The Kier molecular flexibility index (Phi) is 7.23. The fourth-order valence-electron chi connectivity index (χ4n) is 4.79. The van der Waals surface area contributed by atoms with Crippen LogP contribution in [-0.2, 0) is 14.8 Å². The Morgan fingerprint density at radius 3 is 2.41 bits per heavy atom. The van der Waals surface area contributed by atoms with Gasteiger partial charge in [0, 0.05) is 53.5 Å². The number of aromatic nitrogens is 3. The third kappa shape index (κ3) is 5.42. The van der Waals surface area contributed by atoms with Crippen LogP contribution in [0, 0.1) is 0 Å². The van der Waals surface area contributed by atoms with Crippen LogP contribution in [0.4, 0.5) is 11.5 Å². The van der Waals surface area contributed by atoms with Crippen molar-refractivity contribution in [2.45, 2.75) is 30.7 Å². The van der Waals surface area contributed by atoms with E-state index in [1.165, 1.54) is 36.7 Å². The highest BCUT2D eigenvalue weighted by atomic mass is 35.5. The quantitative estimate of drug-likeness (QED) is 0.316. The molecular formula is C26H24Cl2N6O4S. The van der Waals surface area contributed by atoms with Crippen LogP contribution < -0.4 is 10.5 Å². The molecule has 0 radical (unpaired) electrons. The summed E-state index contributed by atoms with van der Waals surface area (Å²) in [4.78, 5) is 35.7. The molecule has 0 bridgehead atoms. The van der Waals surface area contributed by atoms with Crippen LogP contribution >= 0.6 is 23.2 Å². The summed E-state index contributed by atoms with van der Waals surface area (Å²) in [5.74, 6) is -0.173. The molecule has 1 aliphatic heterocycles. The summed E-state index contributed by atoms with van der Waals surface area (Å²) in [5, 5.41) is 0.779. The van der Waals surface area contributed by atoms with Gasteiger partial charge in [0.1, 0.15) is 17.8 Å². The maximum absolute atomic E-state index is 13.7. The average Bonchev–Trinajstić information content (AvgIpc) is 3.28. The Morgan fingerprint density at radius 2 is 1.74 bits per heavy atom. The summed E-state index contributed by atoms with van der Waals surface area (Å²) in [6.45, 7) is 2.75. The molecule has 0 aliphatic carbocycles. The molecule has 202 valence electrons. The van der Waals surface area contributed by atoms with E-state index in [2.05, 4.69) is 14.7 Å². The largest absolute Gasteiger partial charge is 0.383 e. The lowest BCUT2D eigenvalue weighted by molar-refractivity contribution is -0.130. The number of benzene rings is 2. The lowest BCUT2D eigenvalue weighted by Gasteiger charge is -2.32. The van der Waals surface area contributed by atoms with Gasteiger partial charge in [-0.3, -0.25) is 14.3 Å². The molecule has 3 heterocycles. The fraction of sp³-hybridized carbons (Fsp3) is 0.231. The number of piperidine rings is 1. The van der Waals surface area contributed by atoms with Crippen LogP contribution in [0.15, 0.2) is 59.9 Å². The number of ketones is 1. The molecule has 5 rings (SSSR count). The highest BCUT2D eigenvalue weighted by Gasteiger charge is 2.27. The summed E-state index contributed by atoms with van der Waals surface area (Å²) in [5.41, 5.74) is 7.46. The van der Waals surface area contributed by atoms with Gasteiger partial charge in [0.05, 0.1) is 15.8 Å². The summed E-state index contributed by atoms with van der Waals surface area (Å²) < 4.78 is 30.3.